The van der Waals surface area contributed by atoms with Crippen molar-refractivity contribution in [1.29, 1.82) is 0 Å². The van der Waals surface area contributed by atoms with Crippen molar-refractivity contribution in [3.63, 3.8) is 0 Å². The molecule has 25 heavy (non-hydrogen) atoms. The van der Waals surface area contributed by atoms with E-state index in [1.165, 1.54) is 43.9 Å². The highest BCUT2D eigenvalue weighted by Crippen LogP contribution is 2.28. The first kappa shape index (κ1) is 16.0. The minimum Gasteiger partial charge on any atom is -0.191 e. The molecule has 0 aliphatic rings. The number of rotatable bonds is 2. The van der Waals surface area contributed by atoms with Gasteiger partial charge in [-0.2, -0.15) is 9.13 Å². The molecule has 2 aromatic heterocycles. The molecule has 0 spiro atoms. The lowest BCUT2D eigenvalue weighted by Gasteiger charge is -2.09. The van der Waals surface area contributed by atoms with E-state index in [0.717, 1.165) is 0 Å². The largest absolute Gasteiger partial charge is 0.269 e. The maximum Gasteiger partial charge on any atom is 0.269 e. The van der Waals surface area contributed by atoms with Crippen molar-refractivity contribution in [2.75, 3.05) is 0 Å². The van der Waals surface area contributed by atoms with Gasteiger partial charge in [-0.05, 0) is 36.9 Å². The second-order valence-electron chi connectivity index (χ2n) is 6.69. The third kappa shape index (κ3) is 2.75. The number of pyridine rings is 1. The molecule has 2 heterocycles. The van der Waals surface area contributed by atoms with Crippen LogP contribution in [0.15, 0.2) is 60.2 Å². The lowest BCUT2D eigenvalue weighted by Crippen LogP contribution is -2.35. The molecule has 0 N–H and O–H groups in total. The number of fused-ring (bicyclic) bond motifs is 1. The van der Waals surface area contributed by atoms with E-state index in [9.17, 15) is 0 Å². The van der Waals surface area contributed by atoms with Crippen molar-refractivity contribution in [3.8, 4) is 16.3 Å². The summed E-state index contributed by atoms with van der Waals surface area (Å²) < 4.78 is 4.52. The summed E-state index contributed by atoms with van der Waals surface area (Å²) in [4.78, 5) is 0. The maximum absolute atomic E-state index is 2.32. The molecule has 0 saturated carbocycles. The van der Waals surface area contributed by atoms with Crippen molar-refractivity contribution in [3.05, 3.63) is 77.1 Å². The Morgan fingerprint density at radius 1 is 0.920 bits per heavy atom. The number of thiazole rings is 1. The summed E-state index contributed by atoms with van der Waals surface area (Å²) in [6.07, 6.45) is 4.38. The highest BCUT2D eigenvalue weighted by atomic mass is 32.1. The molecule has 0 radical (unpaired) electrons. The van der Waals surface area contributed by atoms with E-state index >= 15 is 0 Å². The molecule has 2 aromatic carbocycles. The standard InChI is InChI=1S/C22H22N2S/c1-15-11-20(22-23(4)9-10-25-22)17(3)21(12-15)24-14-19-8-6-5-7-18(19)13-16(24)2/h5-14H,1-4H3/q+2. The number of hydrogen-bond donors (Lipinski definition) is 0. The highest BCUT2D eigenvalue weighted by Gasteiger charge is 2.22. The van der Waals surface area contributed by atoms with Gasteiger partial charge in [0.2, 0.25) is 5.69 Å². The molecule has 0 aliphatic heterocycles. The second-order valence-corrected chi connectivity index (χ2v) is 7.58. The number of aromatic nitrogens is 2. The van der Waals surface area contributed by atoms with E-state index in [-0.39, 0.29) is 0 Å². The van der Waals surface area contributed by atoms with Crippen LogP contribution in [0.4, 0.5) is 0 Å². The zero-order valence-corrected chi connectivity index (χ0v) is 15.9. The van der Waals surface area contributed by atoms with Gasteiger partial charge in [0.25, 0.3) is 5.01 Å². The smallest absolute Gasteiger partial charge is 0.191 e. The van der Waals surface area contributed by atoms with Gasteiger partial charge in [0.1, 0.15) is 7.05 Å². The van der Waals surface area contributed by atoms with Gasteiger partial charge >= 0.3 is 0 Å². The quantitative estimate of drug-likeness (QED) is 0.469. The Balaban J connectivity index is 1.99. The predicted octanol–water partition coefficient (Wildman–Crippen LogP) is 4.59. The average Bonchev–Trinajstić information content (AvgIpc) is 3.02. The summed E-state index contributed by atoms with van der Waals surface area (Å²) in [5.41, 5.74) is 6.41. The fourth-order valence-corrected chi connectivity index (χ4v) is 4.40. The molecule has 0 saturated heterocycles. The van der Waals surface area contributed by atoms with Crippen LogP contribution in [0.1, 0.15) is 16.8 Å². The summed E-state index contributed by atoms with van der Waals surface area (Å²) in [6, 6.07) is 15.4. The molecule has 3 heteroatoms. The first-order chi connectivity index (χ1) is 12.0. The topological polar surface area (TPSA) is 7.76 Å². The van der Waals surface area contributed by atoms with E-state index in [0.29, 0.717) is 0 Å². The summed E-state index contributed by atoms with van der Waals surface area (Å²) in [5, 5.41) is 5.98. The van der Waals surface area contributed by atoms with Crippen molar-refractivity contribution in [2.24, 2.45) is 7.05 Å². The van der Waals surface area contributed by atoms with Crippen LogP contribution in [-0.4, -0.2) is 0 Å². The molecule has 0 aliphatic carbocycles. The molecule has 4 aromatic rings. The van der Waals surface area contributed by atoms with Crippen LogP contribution in [0.5, 0.6) is 0 Å². The van der Waals surface area contributed by atoms with Gasteiger partial charge in [0.15, 0.2) is 18.1 Å². The van der Waals surface area contributed by atoms with Crippen LogP contribution in [0.2, 0.25) is 0 Å². The van der Waals surface area contributed by atoms with Gasteiger partial charge < -0.3 is 0 Å². The Bertz CT molecular complexity index is 1090. The summed E-state index contributed by atoms with van der Waals surface area (Å²) >= 11 is 1.79. The van der Waals surface area contributed by atoms with Crippen LogP contribution in [0, 0.1) is 20.8 Å². The monoisotopic (exact) mass is 346 g/mol. The van der Waals surface area contributed by atoms with Crippen LogP contribution in [0.25, 0.3) is 27.0 Å². The zero-order valence-electron chi connectivity index (χ0n) is 15.1. The fraction of sp³-hybridized carbons (Fsp3) is 0.182. The van der Waals surface area contributed by atoms with E-state index in [1.54, 1.807) is 11.3 Å². The van der Waals surface area contributed by atoms with Crippen molar-refractivity contribution < 1.29 is 9.13 Å². The minimum absolute atomic E-state index is 1.24. The Hall–Kier alpha value is -2.52. The molecule has 0 unspecified atom stereocenters. The Morgan fingerprint density at radius 2 is 1.68 bits per heavy atom. The van der Waals surface area contributed by atoms with Crippen LogP contribution in [-0.2, 0) is 7.05 Å². The van der Waals surface area contributed by atoms with Gasteiger partial charge in [-0.15, -0.1) is 0 Å². The number of aryl methyl sites for hydroxylation is 3. The predicted molar refractivity (Wildman–Crippen MR) is 104 cm³/mol. The van der Waals surface area contributed by atoms with E-state index < -0.39 is 0 Å². The van der Waals surface area contributed by atoms with Crippen molar-refractivity contribution in [2.45, 2.75) is 20.8 Å². The van der Waals surface area contributed by atoms with Crippen LogP contribution in [0.3, 0.4) is 0 Å². The molecule has 124 valence electrons. The molecule has 0 amide bonds. The molecular weight excluding hydrogens is 324 g/mol. The summed E-state index contributed by atoms with van der Waals surface area (Å²) in [7, 11) is 2.11. The fourth-order valence-electron chi connectivity index (χ4n) is 3.46. The highest BCUT2D eigenvalue weighted by molar-refractivity contribution is 7.12. The molecule has 0 fully saturated rings. The van der Waals surface area contributed by atoms with E-state index in [2.05, 4.69) is 97.2 Å². The Morgan fingerprint density at radius 3 is 2.40 bits per heavy atom. The molecule has 4 rings (SSSR count). The number of nitrogens with zero attached hydrogens (tertiary/aromatic N) is 2. The molecule has 0 atom stereocenters. The van der Waals surface area contributed by atoms with E-state index in [4.69, 9.17) is 0 Å². The zero-order chi connectivity index (χ0) is 17.6. The lowest BCUT2D eigenvalue weighted by atomic mass is 10.0. The summed E-state index contributed by atoms with van der Waals surface area (Å²) in [6.45, 7) is 6.58. The van der Waals surface area contributed by atoms with Crippen molar-refractivity contribution >= 4 is 22.1 Å². The van der Waals surface area contributed by atoms with Gasteiger partial charge in [-0.1, -0.05) is 29.5 Å². The van der Waals surface area contributed by atoms with Crippen molar-refractivity contribution in [1.82, 2.24) is 0 Å². The molecule has 0 bridgehead atoms. The van der Waals surface area contributed by atoms with Gasteiger partial charge in [0.05, 0.1) is 10.9 Å². The van der Waals surface area contributed by atoms with Gasteiger partial charge in [0, 0.05) is 30.0 Å². The van der Waals surface area contributed by atoms with E-state index in [1.807, 2.05) is 0 Å². The van der Waals surface area contributed by atoms with Gasteiger partial charge in [-0.3, -0.25) is 0 Å². The number of hydrogen-bond acceptors (Lipinski definition) is 1. The Kier molecular flexibility index (Phi) is 3.89. The normalized spacial score (nSPS) is 11.2. The summed E-state index contributed by atoms with van der Waals surface area (Å²) in [5.74, 6) is 0. The second kappa shape index (κ2) is 6.08. The third-order valence-corrected chi connectivity index (χ3v) is 5.80. The SMILES string of the molecule is Cc1cc(-c2scc[n+]2C)c(C)c(-[n+]2cc3ccccc3cc2C)c1. The first-order valence-corrected chi connectivity index (χ1v) is 9.39. The van der Waals surface area contributed by atoms with Gasteiger partial charge in [-0.25, -0.2) is 0 Å². The maximum atomic E-state index is 2.32. The molecule has 2 nitrogen and oxygen atoms in total. The van der Waals surface area contributed by atoms with Crippen LogP contribution < -0.4 is 9.13 Å². The minimum atomic E-state index is 1.24. The average molecular weight is 346 g/mol. The first-order valence-electron chi connectivity index (χ1n) is 8.51. The number of benzene rings is 2. The van der Waals surface area contributed by atoms with Crippen LogP contribution >= 0.6 is 11.3 Å². The Labute approximate surface area is 152 Å². The lowest BCUT2D eigenvalue weighted by molar-refractivity contribution is -0.656. The third-order valence-electron chi connectivity index (χ3n) is 4.81. The molecular formula is C22H22N2S+2.